The standard InChI is InChI=1S/C16H14F2N2/c1-20(10-12-2-5-15(17)6-3-12)11-14-8-16(18)7-4-13(14)9-19/h2-8H,10-11H2,1H3. The molecule has 0 aliphatic rings. The van der Waals surface area contributed by atoms with E-state index < -0.39 is 0 Å². The molecule has 20 heavy (non-hydrogen) atoms. The van der Waals surface area contributed by atoms with E-state index in [1.54, 1.807) is 12.1 Å². The quantitative estimate of drug-likeness (QED) is 0.852. The lowest BCUT2D eigenvalue weighted by Crippen LogP contribution is -2.18. The Morgan fingerprint density at radius 1 is 1.00 bits per heavy atom. The maximum Gasteiger partial charge on any atom is 0.123 e. The van der Waals surface area contributed by atoms with Crippen LogP contribution >= 0.6 is 0 Å². The summed E-state index contributed by atoms with van der Waals surface area (Å²) in [6.45, 7) is 1.06. The van der Waals surface area contributed by atoms with Crippen LogP contribution in [-0.2, 0) is 13.1 Å². The van der Waals surface area contributed by atoms with Crippen LogP contribution in [0.2, 0.25) is 0 Å². The number of benzene rings is 2. The molecule has 0 spiro atoms. The highest BCUT2D eigenvalue weighted by Gasteiger charge is 2.08. The van der Waals surface area contributed by atoms with E-state index in [2.05, 4.69) is 6.07 Å². The molecule has 0 bridgehead atoms. The highest BCUT2D eigenvalue weighted by molar-refractivity contribution is 5.37. The van der Waals surface area contributed by atoms with E-state index in [1.165, 1.54) is 30.3 Å². The second kappa shape index (κ2) is 6.27. The zero-order valence-electron chi connectivity index (χ0n) is 11.1. The Morgan fingerprint density at radius 2 is 1.65 bits per heavy atom. The van der Waals surface area contributed by atoms with Crippen molar-refractivity contribution in [3.8, 4) is 6.07 Å². The summed E-state index contributed by atoms with van der Waals surface area (Å²) in [4.78, 5) is 1.95. The first-order valence-electron chi connectivity index (χ1n) is 6.20. The predicted octanol–water partition coefficient (Wildman–Crippen LogP) is 3.47. The summed E-state index contributed by atoms with van der Waals surface area (Å²) in [5.41, 5.74) is 2.08. The zero-order valence-corrected chi connectivity index (χ0v) is 11.1. The minimum absolute atomic E-state index is 0.270. The van der Waals surface area contributed by atoms with Crippen molar-refractivity contribution in [2.45, 2.75) is 13.1 Å². The molecule has 0 unspecified atom stereocenters. The molecule has 0 aliphatic carbocycles. The van der Waals surface area contributed by atoms with Crippen LogP contribution < -0.4 is 0 Å². The monoisotopic (exact) mass is 272 g/mol. The summed E-state index contributed by atoms with van der Waals surface area (Å²) in [7, 11) is 1.87. The van der Waals surface area contributed by atoms with E-state index in [1.807, 2.05) is 11.9 Å². The molecule has 2 nitrogen and oxygen atoms in total. The molecule has 0 saturated carbocycles. The van der Waals surface area contributed by atoms with Crippen LogP contribution in [0.25, 0.3) is 0 Å². The van der Waals surface area contributed by atoms with Crippen molar-refractivity contribution in [3.05, 3.63) is 70.8 Å². The number of rotatable bonds is 4. The van der Waals surface area contributed by atoms with Gasteiger partial charge in [0.1, 0.15) is 11.6 Å². The Morgan fingerprint density at radius 3 is 2.30 bits per heavy atom. The molecule has 0 fully saturated rings. The van der Waals surface area contributed by atoms with Gasteiger partial charge in [-0.3, -0.25) is 4.90 Å². The SMILES string of the molecule is CN(Cc1ccc(F)cc1)Cc1cc(F)ccc1C#N. The van der Waals surface area contributed by atoms with Crippen molar-refractivity contribution in [1.82, 2.24) is 4.90 Å². The van der Waals surface area contributed by atoms with Gasteiger partial charge < -0.3 is 0 Å². The summed E-state index contributed by atoms with van der Waals surface area (Å²) < 4.78 is 26.1. The fourth-order valence-electron chi connectivity index (χ4n) is 2.05. The predicted molar refractivity (Wildman–Crippen MR) is 72.7 cm³/mol. The summed E-state index contributed by atoms with van der Waals surface area (Å²) in [6.07, 6.45) is 0. The lowest BCUT2D eigenvalue weighted by molar-refractivity contribution is 0.318. The highest BCUT2D eigenvalue weighted by Crippen LogP contribution is 2.14. The Labute approximate surface area is 116 Å². The van der Waals surface area contributed by atoms with Crippen molar-refractivity contribution < 1.29 is 8.78 Å². The lowest BCUT2D eigenvalue weighted by atomic mass is 10.1. The van der Waals surface area contributed by atoms with E-state index >= 15 is 0 Å². The van der Waals surface area contributed by atoms with Crippen molar-refractivity contribution in [2.75, 3.05) is 7.05 Å². The lowest BCUT2D eigenvalue weighted by Gasteiger charge is -2.17. The molecular weight excluding hydrogens is 258 g/mol. The molecule has 0 atom stereocenters. The third-order valence-electron chi connectivity index (χ3n) is 2.99. The van der Waals surface area contributed by atoms with Crippen molar-refractivity contribution >= 4 is 0 Å². The molecule has 2 aromatic rings. The molecule has 2 rings (SSSR count). The molecule has 0 N–H and O–H groups in total. The van der Waals surface area contributed by atoms with E-state index in [0.29, 0.717) is 24.2 Å². The number of nitriles is 1. The number of hydrogen-bond acceptors (Lipinski definition) is 2. The van der Waals surface area contributed by atoms with Crippen LogP contribution in [0.3, 0.4) is 0 Å². The van der Waals surface area contributed by atoms with E-state index in [-0.39, 0.29) is 11.6 Å². The Bertz CT molecular complexity index is 630. The molecule has 0 radical (unpaired) electrons. The second-order valence-corrected chi connectivity index (χ2v) is 4.71. The molecule has 2 aromatic carbocycles. The van der Waals surface area contributed by atoms with Crippen LogP contribution in [0.4, 0.5) is 8.78 Å². The van der Waals surface area contributed by atoms with E-state index in [4.69, 9.17) is 5.26 Å². The molecule has 0 amide bonds. The van der Waals surface area contributed by atoms with Gasteiger partial charge in [0.2, 0.25) is 0 Å². The number of halogens is 2. The van der Waals surface area contributed by atoms with Gasteiger partial charge in [0.25, 0.3) is 0 Å². The van der Waals surface area contributed by atoms with Gasteiger partial charge in [-0.15, -0.1) is 0 Å². The smallest absolute Gasteiger partial charge is 0.123 e. The fraction of sp³-hybridized carbons (Fsp3) is 0.188. The number of hydrogen-bond donors (Lipinski definition) is 0. The van der Waals surface area contributed by atoms with Crippen molar-refractivity contribution in [3.63, 3.8) is 0 Å². The van der Waals surface area contributed by atoms with Crippen molar-refractivity contribution in [2.24, 2.45) is 0 Å². The largest absolute Gasteiger partial charge is 0.298 e. The maximum absolute atomic E-state index is 13.2. The second-order valence-electron chi connectivity index (χ2n) is 4.71. The Hall–Kier alpha value is -2.25. The van der Waals surface area contributed by atoms with Crippen LogP contribution in [0.1, 0.15) is 16.7 Å². The zero-order chi connectivity index (χ0) is 14.5. The third-order valence-corrected chi connectivity index (χ3v) is 2.99. The van der Waals surface area contributed by atoms with Gasteiger partial charge in [-0.2, -0.15) is 5.26 Å². The molecule has 0 heterocycles. The first-order chi connectivity index (χ1) is 9.58. The van der Waals surface area contributed by atoms with E-state index in [0.717, 1.165) is 5.56 Å². The molecular formula is C16H14F2N2. The van der Waals surface area contributed by atoms with Gasteiger partial charge >= 0.3 is 0 Å². The molecule has 0 saturated heterocycles. The van der Waals surface area contributed by atoms with Gasteiger partial charge in [0.15, 0.2) is 0 Å². The van der Waals surface area contributed by atoms with Crippen LogP contribution in [0.5, 0.6) is 0 Å². The summed E-state index contributed by atoms with van der Waals surface area (Å²) >= 11 is 0. The van der Waals surface area contributed by atoms with Crippen LogP contribution in [-0.4, -0.2) is 11.9 Å². The fourth-order valence-corrected chi connectivity index (χ4v) is 2.05. The maximum atomic E-state index is 13.2. The van der Waals surface area contributed by atoms with Gasteiger partial charge in [-0.1, -0.05) is 12.1 Å². The van der Waals surface area contributed by atoms with Crippen molar-refractivity contribution in [1.29, 1.82) is 5.26 Å². The first kappa shape index (κ1) is 14.2. The average molecular weight is 272 g/mol. The van der Waals surface area contributed by atoms with Gasteiger partial charge in [0.05, 0.1) is 11.6 Å². The average Bonchev–Trinajstić information content (AvgIpc) is 2.41. The van der Waals surface area contributed by atoms with Gasteiger partial charge in [-0.05, 0) is 48.5 Å². The summed E-state index contributed by atoms with van der Waals surface area (Å²) in [6, 6.07) is 12.4. The Kier molecular flexibility index (Phi) is 4.44. The minimum Gasteiger partial charge on any atom is -0.298 e. The van der Waals surface area contributed by atoms with E-state index in [9.17, 15) is 8.78 Å². The highest BCUT2D eigenvalue weighted by atomic mass is 19.1. The minimum atomic E-state index is -0.353. The van der Waals surface area contributed by atoms with Crippen LogP contribution in [0, 0.1) is 23.0 Å². The normalized spacial score (nSPS) is 10.6. The number of nitrogens with zero attached hydrogens (tertiary/aromatic N) is 2. The molecule has 0 aromatic heterocycles. The summed E-state index contributed by atoms with van der Waals surface area (Å²) in [5, 5.41) is 9.01. The third kappa shape index (κ3) is 3.62. The first-order valence-corrected chi connectivity index (χ1v) is 6.20. The molecule has 4 heteroatoms. The molecule has 102 valence electrons. The van der Waals surface area contributed by atoms with Gasteiger partial charge in [0, 0.05) is 13.1 Å². The van der Waals surface area contributed by atoms with Crippen LogP contribution in [0.15, 0.2) is 42.5 Å². The topological polar surface area (TPSA) is 27.0 Å². The van der Waals surface area contributed by atoms with Gasteiger partial charge in [-0.25, -0.2) is 8.78 Å². The molecule has 0 aliphatic heterocycles. The Balaban J connectivity index is 2.08. The summed E-state index contributed by atoms with van der Waals surface area (Å²) in [5.74, 6) is -0.623.